The zero-order valence-electron chi connectivity index (χ0n) is 25.8. The van der Waals surface area contributed by atoms with E-state index in [1.807, 2.05) is 60.7 Å². The van der Waals surface area contributed by atoms with E-state index in [1.165, 1.54) is 27.2 Å². The van der Waals surface area contributed by atoms with Gasteiger partial charge in [-0.1, -0.05) is 140 Å². The van der Waals surface area contributed by atoms with E-state index in [-0.39, 0.29) is 0 Å². The van der Waals surface area contributed by atoms with Crippen LogP contribution in [0.3, 0.4) is 0 Å². The first-order chi connectivity index (χ1) is 23.8. The minimum absolute atomic E-state index is 0.581. The molecular weight excluding hydrogens is 587 g/mol. The molecule has 0 saturated carbocycles. The number of fused-ring (bicyclic) bond motifs is 7. The molecule has 0 aliphatic carbocycles. The molecule has 0 N–H and O–H groups in total. The molecule has 5 heteroatoms. The average Bonchev–Trinajstić information content (AvgIpc) is 3.67. The molecule has 224 valence electrons. The molecule has 7 aromatic carbocycles. The van der Waals surface area contributed by atoms with Gasteiger partial charge in [-0.3, -0.25) is 4.57 Å². The monoisotopic (exact) mass is 613 g/mol. The predicted molar refractivity (Wildman–Crippen MR) is 197 cm³/mol. The number of benzene rings is 7. The molecule has 0 aliphatic rings. The second kappa shape index (κ2) is 10.5. The smallest absolute Gasteiger partial charge is 0.238 e. The van der Waals surface area contributed by atoms with Crippen molar-refractivity contribution >= 4 is 54.4 Å². The lowest BCUT2D eigenvalue weighted by molar-refractivity contribution is 0.953. The lowest BCUT2D eigenvalue weighted by Crippen LogP contribution is -2.06. The first-order valence-electron chi connectivity index (χ1n) is 16.1. The maximum atomic E-state index is 5.18. The molecule has 0 aliphatic heterocycles. The van der Waals surface area contributed by atoms with Crippen molar-refractivity contribution in [3.8, 4) is 34.4 Å². The number of para-hydroxylation sites is 3. The van der Waals surface area contributed by atoms with Crippen LogP contribution in [0.1, 0.15) is 0 Å². The van der Waals surface area contributed by atoms with Crippen LogP contribution in [-0.4, -0.2) is 24.1 Å². The first kappa shape index (κ1) is 26.6. The highest BCUT2D eigenvalue weighted by molar-refractivity contribution is 6.22. The Hall–Kier alpha value is -6.59. The predicted octanol–water partition coefficient (Wildman–Crippen LogP) is 10.6. The SMILES string of the molecule is c1ccc(-c2nc(-c3ccccc3)nc(-n3c4ccccc4c4c(-n5c6ccccc6c6ccccc65)c5ccccc5cc43)n2)cc1. The summed E-state index contributed by atoms with van der Waals surface area (Å²) in [4.78, 5) is 15.3. The number of rotatable bonds is 4. The van der Waals surface area contributed by atoms with Crippen LogP contribution in [0.4, 0.5) is 0 Å². The van der Waals surface area contributed by atoms with E-state index in [0.717, 1.165) is 44.0 Å². The van der Waals surface area contributed by atoms with Gasteiger partial charge in [-0.2, -0.15) is 9.97 Å². The molecular formula is C43H27N5. The number of nitrogens with zero attached hydrogens (tertiary/aromatic N) is 5. The number of aromatic nitrogens is 5. The molecule has 0 fully saturated rings. The summed E-state index contributed by atoms with van der Waals surface area (Å²) < 4.78 is 4.67. The standard InChI is InChI=1S/C43H27N5/c1-3-15-28(16-4-1)41-44-42(29-17-5-2-6-18-29)46-43(45-41)48-37-26-14-11-23-34(37)39-38(48)27-30-19-7-8-20-31(30)40(39)47-35-24-12-9-21-32(35)33-22-10-13-25-36(33)47/h1-27H. The van der Waals surface area contributed by atoms with Crippen molar-refractivity contribution in [3.63, 3.8) is 0 Å². The first-order valence-corrected chi connectivity index (χ1v) is 16.1. The van der Waals surface area contributed by atoms with Crippen LogP contribution < -0.4 is 0 Å². The summed E-state index contributed by atoms with van der Waals surface area (Å²) in [5, 5.41) is 7.08. The van der Waals surface area contributed by atoms with Crippen molar-refractivity contribution in [3.05, 3.63) is 164 Å². The van der Waals surface area contributed by atoms with Gasteiger partial charge in [0, 0.05) is 38.1 Å². The summed E-state index contributed by atoms with van der Waals surface area (Å²) >= 11 is 0. The van der Waals surface area contributed by atoms with Crippen molar-refractivity contribution in [1.29, 1.82) is 0 Å². The normalized spacial score (nSPS) is 11.8. The van der Waals surface area contributed by atoms with Crippen LogP contribution in [0.25, 0.3) is 88.8 Å². The highest BCUT2D eigenvalue weighted by atomic mass is 15.2. The van der Waals surface area contributed by atoms with E-state index in [9.17, 15) is 0 Å². The Morgan fingerprint density at radius 3 is 1.40 bits per heavy atom. The lowest BCUT2D eigenvalue weighted by Gasteiger charge is -2.15. The van der Waals surface area contributed by atoms with Crippen molar-refractivity contribution < 1.29 is 0 Å². The molecule has 3 aromatic heterocycles. The van der Waals surface area contributed by atoms with Gasteiger partial charge in [0.2, 0.25) is 5.95 Å². The Bertz CT molecular complexity index is 2720. The molecule has 0 spiro atoms. The molecule has 48 heavy (non-hydrogen) atoms. The zero-order chi connectivity index (χ0) is 31.6. The topological polar surface area (TPSA) is 48.5 Å². The largest absolute Gasteiger partial charge is 0.308 e. The van der Waals surface area contributed by atoms with Crippen molar-refractivity contribution in [2.24, 2.45) is 0 Å². The summed E-state index contributed by atoms with van der Waals surface area (Å²) in [5.41, 5.74) is 7.45. The van der Waals surface area contributed by atoms with Crippen LogP contribution in [-0.2, 0) is 0 Å². The second-order valence-corrected chi connectivity index (χ2v) is 12.1. The quantitative estimate of drug-likeness (QED) is 0.198. The highest BCUT2D eigenvalue weighted by Crippen LogP contribution is 2.43. The Morgan fingerprint density at radius 2 is 0.812 bits per heavy atom. The van der Waals surface area contributed by atoms with Gasteiger partial charge in [-0.25, -0.2) is 4.98 Å². The van der Waals surface area contributed by atoms with Crippen LogP contribution in [0.15, 0.2) is 164 Å². The third-order valence-corrected chi connectivity index (χ3v) is 9.35. The maximum Gasteiger partial charge on any atom is 0.238 e. The van der Waals surface area contributed by atoms with Gasteiger partial charge >= 0.3 is 0 Å². The second-order valence-electron chi connectivity index (χ2n) is 12.1. The summed E-state index contributed by atoms with van der Waals surface area (Å²) in [6, 6.07) is 57.3. The molecule has 3 heterocycles. The van der Waals surface area contributed by atoms with Crippen molar-refractivity contribution in [1.82, 2.24) is 24.1 Å². The van der Waals surface area contributed by atoms with Gasteiger partial charge in [-0.15, -0.1) is 0 Å². The van der Waals surface area contributed by atoms with E-state index in [2.05, 4.69) is 112 Å². The molecule has 0 radical (unpaired) electrons. The minimum Gasteiger partial charge on any atom is -0.308 e. The van der Waals surface area contributed by atoms with Crippen molar-refractivity contribution in [2.75, 3.05) is 0 Å². The lowest BCUT2D eigenvalue weighted by atomic mass is 10.0. The molecule has 0 unspecified atom stereocenters. The van der Waals surface area contributed by atoms with Crippen LogP contribution in [0.5, 0.6) is 0 Å². The molecule has 0 saturated heterocycles. The molecule has 10 rings (SSSR count). The highest BCUT2D eigenvalue weighted by Gasteiger charge is 2.23. The summed E-state index contributed by atoms with van der Waals surface area (Å²) in [6.45, 7) is 0. The van der Waals surface area contributed by atoms with Gasteiger partial charge in [0.1, 0.15) is 0 Å². The summed E-state index contributed by atoms with van der Waals surface area (Å²) in [6.07, 6.45) is 0. The van der Waals surface area contributed by atoms with E-state index in [4.69, 9.17) is 15.0 Å². The van der Waals surface area contributed by atoms with E-state index in [0.29, 0.717) is 17.6 Å². The van der Waals surface area contributed by atoms with Gasteiger partial charge in [0.25, 0.3) is 0 Å². The Balaban J connectivity index is 1.39. The average molecular weight is 614 g/mol. The Labute approximate surface area is 276 Å². The fraction of sp³-hybridized carbons (Fsp3) is 0. The van der Waals surface area contributed by atoms with Gasteiger partial charge in [0.15, 0.2) is 11.6 Å². The van der Waals surface area contributed by atoms with E-state index < -0.39 is 0 Å². The van der Waals surface area contributed by atoms with E-state index in [1.54, 1.807) is 0 Å². The van der Waals surface area contributed by atoms with Gasteiger partial charge in [-0.05, 0) is 29.7 Å². The minimum atomic E-state index is 0.581. The molecule has 0 atom stereocenters. The molecule has 0 bridgehead atoms. The summed E-state index contributed by atoms with van der Waals surface area (Å²) in [7, 11) is 0. The van der Waals surface area contributed by atoms with Gasteiger partial charge < -0.3 is 4.57 Å². The molecule has 10 aromatic rings. The molecule has 0 amide bonds. The Morgan fingerprint density at radius 1 is 0.354 bits per heavy atom. The fourth-order valence-corrected chi connectivity index (χ4v) is 7.27. The fourth-order valence-electron chi connectivity index (χ4n) is 7.27. The van der Waals surface area contributed by atoms with Crippen LogP contribution in [0, 0.1) is 0 Å². The van der Waals surface area contributed by atoms with Gasteiger partial charge in [0.05, 0.1) is 27.8 Å². The Kier molecular flexibility index (Phi) is 5.81. The summed E-state index contributed by atoms with van der Waals surface area (Å²) in [5.74, 6) is 1.85. The van der Waals surface area contributed by atoms with Crippen LogP contribution in [0.2, 0.25) is 0 Å². The van der Waals surface area contributed by atoms with E-state index >= 15 is 0 Å². The molecule has 5 nitrogen and oxygen atoms in total. The number of hydrogen-bond donors (Lipinski definition) is 0. The maximum absolute atomic E-state index is 5.18. The third kappa shape index (κ3) is 3.94. The van der Waals surface area contributed by atoms with Crippen molar-refractivity contribution in [2.45, 2.75) is 0 Å². The third-order valence-electron chi connectivity index (χ3n) is 9.35. The van der Waals surface area contributed by atoms with Crippen LogP contribution >= 0.6 is 0 Å². The zero-order valence-corrected chi connectivity index (χ0v) is 25.8. The number of hydrogen-bond acceptors (Lipinski definition) is 3.